The fourth-order valence-electron chi connectivity index (χ4n) is 0.893. The van der Waals surface area contributed by atoms with E-state index in [4.69, 9.17) is 0 Å². The molecule has 0 aliphatic carbocycles. The summed E-state index contributed by atoms with van der Waals surface area (Å²) >= 11 is 3.94. The first-order valence-corrected chi connectivity index (χ1v) is 6.21. The zero-order valence-corrected chi connectivity index (χ0v) is 9.60. The summed E-state index contributed by atoms with van der Waals surface area (Å²) in [5.74, 6) is 0. The topological polar surface area (TPSA) is 0 Å². The van der Waals surface area contributed by atoms with Crippen LogP contribution >= 0.6 is 23.1 Å². The highest BCUT2D eigenvalue weighted by molar-refractivity contribution is 8.01. The second kappa shape index (κ2) is 4.93. The summed E-state index contributed by atoms with van der Waals surface area (Å²) in [5, 5.41) is 0.758. The molecule has 1 atom stereocenters. The largest absolute Gasteiger partial charge is 0.134 e. The normalized spacial score (nSPS) is 13.2. The van der Waals surface area contributed by atoms with Crippen LogP contribution in [0.25, 0.3) is 0 Å². The minimum absolute atomic E-state index is 0.758. The maximum atomic E-state index is 2.29. The molecule has 0 saturated carbocycles. The Morgan fingerprint density at radius 2 is 2.17 bits per heavy atom. The second-order valence-electron chi connectivity index (χ2n) is 2.91. The minimum atomic E-state index is 0.758. The van der Waals surface area contributed by atoms with E-state index in [1.54, 1.807) is 0 Å². The Labute approximate surface area is 83.4 Å². The summed E-state index contributed by atoms with van der Waals surface area (Å²) < 4.78 is 1.47. The molecular weight excluding hydrogens is 184 g/mol. The molecule has 0 nitrogen and oxygen atoms in total. The zero-order chi connectivity index (χ0) is 8.97. The number of thiophene rings is 1. The third-order valence-corrected chi connectivity index (χ3v) is 4.54. The van der Waals surface area contributed by atoms with Crippen LogP contribution in [0.1, 0.15) is 32.1 Å². The lowest BCUT2D eigenvalue weighted by Crippen LogP contribution is -1.89. The molecular formula is C10H16S2. The van der Waals surface area contributed by atoms with Crippen molar-refractivity contribution in [2.45, 2.75) is 43.1 Å². The number of rotatable bonds is 4. The van der Waals surface area contributed by atoms with E-state index in [2.05, 4.69) is 32.9 Å². The van der Waals surface area contributed by atoms with Gasteiger partial charge in [-0.15, -0.1) is 23.1 Å². The molecule has 1 rings (SSSR count). The Balaban J connectivity index is 2.52. The third-order valence-electron chi connectivity index (χ3n) is 1.88. The molecule has 2 heteroatoms. The Morgan fingerprint density at radius 3 is 2.67 bits per heavy atom. The van der Waals surface area contributed by atoms with Crippen molar-refractivity contribution in [2.24, 2.45) is 0 Å². The van der Waals surface area contributed by atoms with Crippen LogP contribution in [0.15, 0.2) is 16.3 Å². The molecule has 0 spiro atoms. The van der Waals surface area contributed by atoms with Gasteiger partial charge in [-0.25, -0.2) is 0 Å². The number of aryl methyl sites for hydroxylation is 1. The lowest BCUT2D eigenvalue weighted by atomic mass is 10.4. The van der Waals surface area contributed by atoms with Crippen LogP contribution in [-0.2, 0) is 6.42 Å². The van der Waals surface area contributed by atoms with Crippen molar-refractivity contribution in [3.8, 4) is 0 Å². The van der Waals surface area contributed by atoms with Crippen LogP contribution in [0.2, 0.25) is 0 Å². The van der Waals surface area contributed by atoms with Crippen LogP contribution in [0.3, 0.4) is 0 Å². The summed E-state index contributed by atoms with van der Waals surface area (Å²) in [6.07, 6.45) is 2.43. The van der Waals surface area contributed by atoms with E-state index in [9.17, 15) is 0 Å². The Hall–Kier alpha value is 0.0500. The van der Waals surface area contributed by atoms with Gasteiger partial charge >= 0.3 is 0 Å². The maximum Gasteiger partial charge on any atom is 0.0604 e. The Bertz CT molecular complexity index is 227. The molecule has 1 aromatic heterocycles. The molecule has 0 aliphatic heterocycles. The Morgan fingerprint density at radius 1 is 1.42 bits per heavy atom. The molecule has 0 N–H and O–H groups in total. The van der Waals surface area contributed by atoms with E-state index < -0.39 is 0 Å². The van der Waals surface area contributed by atoms with Crippen LogP contribution in [0.4, 0.5) is 0 Å². The third kappa shape index (κ3) is 2.83. The van der Waals surface area contributed by atoms with Gasteiger partial charge in [0.25, 0.3) is 0 Å². The lowest BCUT2D eigenvalue weighted by molar-refractivity contribution is 0.907. The summed E-state index contributed by atoms with van der Waals surface area (Å²) in [4.78, 5) is 1.50. The predicted molar refractivity (Wildman–Crippen MR) is 59.3 cm³/mol. The summed E-state index contributed by atoms with van der Waals surface area (Å²) in [6, 6.07) is 4.50. The average molecular weight is 200 g/mol. The van der Waals surface area contributed by atoms with Crippen LogP contribution < -0.4 is 0 Å². The molecule has 0 aromatic carbocycles. The monoisotopic (exact) mass is 200 g/mol. The van der Waals surface area contributed by atoms with Gasteiger partial charge in [-0.2, -0.15) is 0 Å². The van der Waals surface area contributed by atoms with Crippen molar-refractivity contribution in [2.75, 3.05) is 0 Å². The predicted octanol–water partition coefficient (Wildman–Crippen LogP) is 4.20. The van der Waals surface area contributed by atoms with Gasteiger partial charge in [0.05, 0.1) is 4.21 Å². The number of thioether (sulfide) groups is 1. The van der Waals surface area contributed by atoms with Gasteiger partial charge in [0, 0.05) is 10.1 Å². The van der Waals surface area contributed by atoms with Crippen molar-refractivity contribution in [3.05, 3.63) is 17.0 Å². The van der Waals surface area contributed by atoms with E-state index in [0.29, 0.717) is 0 Å². The Kier molecular flexibility index (Phi) is 4.16. The first-order valence-electron chi connectivity index (χ1n) is 4.51. The van der Waals surface area contributed by atoms with Gasteiger partial charge in [-0.1, -0.05) is 20.8 Å². The molecule has 1 heterocycles. The minimum Gasteiger partial charge on any atom is -0.134 e. The number of hydrogen-bond acceptors (Lipinski definition) is 2. The van der Waals surface area contributed by atoms with E-state index >= 15 is 0 Å². The molecule has 0 fully saturated rings. The van der Waals surface area contributed by atoms with Gasteiger partial charge < -0.3 is 0 Å². The van der Waals surface area contributed by atoms with E-state index in [1.807, 2.05) is 23.1 Å². The van der Waals surface area contributed by atoms with Crippen LogP contribution in [-0.4, -0.2) is 5.25 Å². The van der Waals surface area contributed by atoms with Crippen molar-refractivity contribution in [3.63, 3.8) is 0 Å². The molecule has 0 aliphatic rings. The zero-order valence-electron chi connectivity index (χ0n) is 7.96. The van der Waals surface area contributed by atoms with Crippen molar-refractivity contribution < 1.29 is 0 Å². The van der Waals surface area contributed by atoms with Gasteiger partial charge in [-0.05, 0) is 25.0 Å². The van der Waals surface area contributed by atoms with Crippen molar-refractivity contribution in [1.82, 2.24) is 0 Å². The highest BCUT2D eigenvalue weighted by Gasteiger charge is 2.03. The van der Waals surface area contributed by atoms with Gasteiger partial charge in [0.1, 0.15) is 0 Å². The average Bonchev–Trinajstić information content (AvgIpc) is 2.52. The molecule has 0 saturated heterocycles. The molecule has 68 valence electrons. The van der Waals surface area contributed by atoms with Gasteiger partial charge in [0.15, 0.2) is 0 Å². The van der Waals surface area contributed by atoms with E-state index in [-0.39, 0.29) is 0 Å². The molecule has 0 bridgehead atoms. The number of hydrogen-bond donors (Lipinski definition) is 0. The molecule has 0 amide bonds. The fourth-order valence-corrected chi connectivity index (χ4v) is 3.28. The van der Waals surface area contributed by atoms with Gasteiger partial charge in [-0.3, -0.25) is 0 Å². The standard InChI is InChI=1S/C10H16S2/c1-4-8(3)11-10-7-6-9(5-2)12-10/h6-8H,4-5H2,1-3H3. The maximum absolute atomic E-state index is 2.29. The first-order chi connectivity index (χ1) is 5.76. The van der Waals surface area contributed by atoms with Crippen LogP contribution in [0, 0.1) is 0 Å². The van der Waals surface area contributed by atoms with Crippen LogP contribution in [0.5, 0.6) is 0 Å². The fraction of sp³-hybridized carbons (Fsp3) is 0.600. The quantitative estimate of drug-likeness (QED) is 0.656. The van der Waals surface area contributed by atoms with Crippen molar-refractivity contribution in [1.29, 1.82) is 0 Å². The molecule has 12 heavy (non-hydrogen) atoms. The second-order valence-corrected chi connectivity index (χ2v) is 5.82. The van der Waals surface area contributed by atoms with E-state index in [0.717, 1.165) is 5.25 Å². The summed E-state index contributed by atoms with van der Waals surface area (Å²) in [5.41, 5.74) is 0. The van der Waals surface area contributed by atoms with Gasteiger partial charge in [0.2, 0.25) is 0 Å². The smallest absolute Gasteiger partial charge is 0.0604 e. The van der Waals surface area contributed by atoms with Crippen molar-refractivity contribution >= 4 is 23.1 Å². The highest BCUT2D eigenvalue weighted by Crippen LogP contribution is 2.31. The molecule has 1 unspecified atom stereocenters. The molecule has 0 radical (unpaired) electrons. The van der Waals surface area contributed by atoms with E-state index in [1.165, 1.54) is 21.9 Å². The highest BCUT2D eigenvalue weighted by atomic mass is 32.2. The summed E-state index contributed by atoms with van der Waals surface area (Å²) in [6.45, 7) is 6.74. The lowest BCUT2D eigenvalue weighted by Gasteiger charge is -2.04. The summed E-state index contributed by atoms with van der Waals surface area (Å²) in [7, 11) is 0. The SMILES string of the molecule is CCc1ccc(SC(C)CC)s1. The first kappa shape index (κ1) is 10.1. The molecule has 1 aromatic rings.